The predicted molar refractivity (Wildman–Crippen MR) is 89.3 cm³/mol. The number of benzene rings is 1. The van der Waals surface area contributed by atoms with Crippen molar-refractivity contribution in [3.05, 3.63) is 47.9 Å². The SMILES string of the molecule is NCC(Nc1ccccc1Br)c1cc(Br)c(Br)s1. The molecule has 0 aliphatic heterocycles. The van der Waals surface area contributed by atoms with Gasteiger partial charge in [0.15, 0.2) is 0 Å². The Morgan fingerprint density at radius 2 is 1.89 bits per heavy atom. The molecule has 1 unspecified atom stereocenters. The van der Waals surface area contributed by atoms with Gasteiger partial charge in [0.2, 0.25) is 0 Å². The van der Waals surface area contributed by atoms with Crippen molar-refractivity contribution in [3.8, 4) is 0 Å². The number of thiophene rings is 1. The zero-order chi connectivity index (χ0) is 13.1. The van der Waals surface area contributed by atoms with Crippen molar-refractivity contribution in [2.45, 2.75) is 6.04 Å². The molecule has 0 saturated heterocycles. The van der Waals surface area contributed by atoms with E-state index in [1.54, 1.807) is 11.3 Å². The van der Waals surface area contributed by atoms with Crippen LogP contribution in [0.3, 0.4) is 0 Å². The highest BCUT2D eigenvalue weighted by molar-refractivity contribution is 9.13. The van der Waals surface area contributed by atoms with Crippen LogP contribution in [0.1, 0.15) is 10.9 Å². The maximum absolute atomic E-state index is 5.86. The van der Waals surface area contributed by atoms with Crippen molar-refractivity contribution in [2.75, 3.05) is 11.9 Å². The number of anilines is 1. The molecular weight excluding hydrogens is 444 g/mol. The van der Waals surface area contributed by atoms with E-state index in [4.69, 9.17) is 5.73 Å². The second-order valence-electron chi connectivity index (χ2n) is 3.68. The number of hydrogen-bond donors (Lipinski definition) is 2. The lowest BCUT2D eigenvalue weighted by atomic mass is 10.2. The lowest BCUT2D eigenvalue weighted by Gasteiger charge is -2.17. The molecular formula is C12H11Br3N2S. The van der Waals surface area contributed by atoms with Gasteiger partial charge in [-0.1, -0.05) is 12.1 Å². The van der Waals surface area contributed by atoms with Gasteiger partial charge in [0.05, 0.1) is 9.83 Å². The van der Waals surface area contributed by atoms with Gasteiger partial charge in [0.25, 0.3) is 0 Å². The number of halogens is 3. The zero-order valence-electron chi connectivity index (χ0n) is 9.29. The molecule has 0 aliphatic rings. The van der Waals surface area contributed by atoms with Crippen LogP contribution in [0.2, 0.25) is 0 Å². The van der Waals surface area contributed by atoms with Crippen LogP contribution in [-0.4, -0.2) is 6.54 Å². The molecule has 1 aromatic carbocycles. The van der Waals surface area contributed by atoms with E-state index in [9.17, 15) is 0 Å². The van der Waals surface area contributed by atoms with Gasteiger partial charge in [-0.25, -0.2) is 0 Å². The van der Waals surface area contributed by atoms with E-state index in [2.05, 4.69) is 59.2 Å². The Bertz CT molecular complexity index is 522. The normalized spacial score (nSPS) is 12.4. The van der Waals surface area contributed by atoms with Crippen LogP contribution in [0.4, 0.5) is 5.69 Å². The second-order valence-corrected chi connectivity index (χ2v) is 7.79. The van der Waals surface area contributed by atoms with E-state index >= 15 is 0 Å². The molecule has 1 heterocycles. The van der Waals surface area contributed by atoms with Crippen LogP contribution >= 0.6 is 59.1 Å². The van der Waals surface area contributed by atoms with Crippen LogP contribution < -0.4 is 11.1 Å². The van der Waals surface area contributed by atoms with Gasteiger partial charge in [-0.15, -0.1) is 11.3 Å². The maximum Gasteiger partial charge on any atom is 0.0844 e. The van der Waals surface area contributed by atoms with Crippen LogP contribution in [0, 0.1) is 0 Å². The van der Waals surface area contributed by atoms with Gasteiger partial charge in [-0.3, -0.25) is 0 Å². The van der Waals surface area contributed by atoms with Gasteiger partial charge in [0, 0.05) is 26.1 Å². The van der Waals surface area contributed by atoms with E-state index in [-0.39, 0.29) is 6.04 Å². The summed E-state index contributed by atoms with van der Waals surface area (Å²) >= 11 is 12.2. The molecule has 0 aliphatic carbocycles. The Balaban J connectivity index is 2.22. The number of nitrogens with two attached hydrogens (primary N) is 1. The molecule has 2 nitrogen and oxygen atoms in total. The van der Waals surface area contributed by atoms with E-state index in [0.717, 1.165) is 18.4 Å². The average molecular weight is 455 g/mol. The smallest absolute Gasteiger partial charge is 0.0844 e. The summed E-state index contributed by atoms with van der Waals surface area (Å²) in [5, 5.41) is 3.45. The van der Waals surface area contributed by atoms with E-state index in [1.165, 1.54) is 4.88 Å². The third-order valence-electron chi connectivity index (χ3n) is 2.45. The molecule has 0 saturated carbocycles. The van der Waals surface area contributed by atoms with Crippen molar-refractivity contribution in [1.29, 1.82) is 0 Å². The van der Waals surface area contributed by atoms with Crippen molar-refractivity contribution < 1.29 is 0 Å². The summed E-state index contributed by atoms with van der Waals surface area (Å²) < 4.78 is 3.19. The first-order chi connectivity index (χ1) is 8.61. The third kappa shape index (κ3) is 3.36. The third-order valence-corrected chi connectivity index (χ3v) is 6.51. The van der Waals surface area contributed by atoms with Gasteiger partial charge in [0.1, 0.15) is 0 Å². The standard InChI is InChI=1S/C12H11Br3N2S/c13-7-3-1-2-4-9(7)17-10(6-16)11-5-8(14)12(15)18-11/h1-5,10,17H,6,16H2. The number of rotatable bonds is 4. The first kappa shape index (κ1) is 14.5. The second kappa shape index (κ2) is 6.52. The summed E-state index contributed by atoms with van der Waals surface area (Å²) in [5.74, 6) is 0. The molecule has 0 amide bonds. The summed E-state index contributed by atoms with van der Waals surface area (Å²) in [7, 11) is 0. The molecule has 96 valence electrons. The van der Waals surface area contributed by atoms with Gasteiger partial charge in [-0.05, 0) is 66.0 Å². The van der Waals surface area contributed by atoms with Crippen LogP contribution in [-0.2, 0) is 0 Å². The molecule has 2 rings (SSSR count). The molecule has 2 aromatic rings. The fourth-order valence-electron chi connectivity index (χ4n) is 1.55. The quantitative estimate of drug-likeness (QED) is 0.670. The minimum Gasteiger partial charge on any atom is -0.375 e. The van der Waals surface area contributed by atoms with E-state index in [1.807, 2.05) is 24.3 Å². The molecule has 0 fully saturated rings. The van der Waals surface area contributed by atoms with E-state index in [0.29, 0.717) is 6.54 Å². The van der Waals surface area contributed by atoms with E-state index < -0.39 is 0 Å². The summed E-state index contributed by atoms with van der Waals surface area (Å²) in [5.41, 5.74) is 6.91. The van der Waals surface area contributed by atoms with Crippen LogP contribution in [0.5, 0.6) is 0 Å². The highest BCUT2D eigenvalue weighted by atomic mass is 79.9. The number of hydrogen-bond acceptors (Lipinski definition) is 3. The van der Waals surface area contributed by atoms with Crippen molar-refractivity contribution in [3.63, 3.8) is 0 Å². The Morgan fingerprint density at radius 3 is 2.44 bits per heavy atom. The van der Waals surface area contributed by atoms with Crippen LogP contribution in [0.15, 0.2) is 43.1 Å². The minimum atomic E-state index is 0.108. The first-order valence-electron chi connectivity index (χ1n) is 5.27. The fourth-order valence-corrected chi connectivity index (χ4v) is 4.10. The highest BCUT2D eigenvalue weighted by Crippen LogP contribution is 2.37. The van der Waals surface area contributed by atoms with Crippen molar-refractivity contribution >= 4 is 64.8 Å². The monoisotopic (exact) mass is 452 g/mol. The predicted octanol–water partition coefficient (Wildman–Crippen LogP) is 5.15. The molecule has 3 N–H and O–H groups in total. The summed E-state index contributed by atoms with van der Waals surface area (Å²) in [6.45, 7) is 0.542. The number of nitrogens with one attached hydrogen (secondary N) is 1. The molecule has 6 heteroatoms. The van der Waals surface area contributed by atoms with Gasteiger partial charge < -0.3 is 11.1 Å². The minimum absolute atomic E-state index is 0.108. The van der Waals surface area contributed by atoms with Crippen molar-refractivity contribution in [1.82, 2.24) is 0 Å². The van der Waals surface area contributed by atoms with Gasteiger partial charge in [-0.2, -0.15) is 0 Å². The Kier molecular flexibility index (Phi) is 5.26. The average Bonchev–Trinajstić information content (AvgIpc) is 2.68. The lowest BCUT2D eigenvalue weighted by Crippen LogP contribution is -2.19. The molecule has 0 radical (unpaired) electrons. The fraction of sp³-hybridized carbons (Fsp3) is 0.167. The topological polar surface area (TPSA) is 38.0 Å². The van der Waals surface area contributed by atoms with Gasteiger partial charge >= 0.3 is 0 Å². The molecule has 0 spiro atoms. The van der Waals surface area contributed by atoms with Crippen molar-refractivity contribution in [2.24, 2.45) is 5.73 Å². The highest BCUT2D eigenvalue weighted by Gasteiger charge is 2.15. The Hall–Kier alpha value is 0.120. The summed E-state index contributed by atoms with van der Waals surface area (Å²) in [6, 6.07) is 10.2. The number of para-hydroxylation sites is 1. The molecule has 0 bridgehead atoms. The Labute approximate surface area is 135 Å². The molecule has 1 atom stereocenters. The van der Waals surface area contributed by atoms with Crippen LogP contribution in [0.25, 0.3) is 0 Å². The Morgan fingerprint density at radius 1 is 1.17 bits per heavy atom. The molecule has 1 aromatic heterocycles. The summed E-state index contributed by atoms with van der Waals surface area (Å²) in [4.78, 5) is 1.20. The molecule has 18 heavy (non-hydrogen) atoms. The summed E-state index contributed by atoms with van der Waals surface area (Å²) in [6.07, 6.45) is 0. The maximum atomic E-state index is 5.86. The first-order valence-corrected chi connectivity index (χ1v) is 8.47. The largest absolute Gasteiger partial charge is 0.375 e. The lowest BCUT2D eigenvalue weighted by molar-refractivity contribution is 0.805. The zero-order valence-corrected chi connectivity index (χ0v) is 14.9.